The maximum Gasteiger partial charge on any atom is 0.407 e. The van der Waals surface area contributed by atoms with Crippen LogP contribution < -0.4 is 5.32 Å². The second-order valence-electron chi connectivity index (χ2n) is 8.84. The maximum atomic E-state index is 12.2. The summed E-state index contributed by atoms with van der Waals surface area (Å²) < 4.78 is 5.32. The fourth-order valence-electron chi connectivity index (χ4n) is 4.08. The molecule has 2 amide bonds. The number of nitrogens with one attached hydrogen (secondary N) is 2. The Hall–Kier alpha value is -3.45. The van der Waals surface area contributed by atoms with E-state index < -0.39 is 0 Å². The Morgan fingerprint density at radius 2 is 1.94 bits per heavy atom. The summed E-state index contributed by atoms with van der Waals surface area (Å²) in [6.07, 6.45) is 5.33. The quantitative estimate of drug-likeness (QED) is 0.511. The fourth-order valence-corrected chi connectivity index (χ4v) is 4.08. The van der Waals surface area contributed by atoms with E-state index in [1.165, 1.54) is 5.56 Å². The normalized spacial score (nSPS) is 17.9. The molecule has 2 aromatic carbocycles. The average Bonchev–Trinajstić information content (AvgIpc) is 3.17. The summed E-state index contributed by atoms with van der Waals surface area (Å²) in [4.78, 5) is 33.6. The van der Waals surface area contributed by atoms with Gasteiger partial charge in [-0.2, -0.15) is 0 Å². The molecule has 0 saturated heterocycles. The lowest BCUT2D eigenvalue weighted by Gasteiger charge is -2.35. The molecule has 2 N–H and O–H groups in total. The van der Waals surface area contributed by atoms with Crippen LogP contribution in [0.25, 0.3) is 10.9 Å². The zero-order chi connectivity index (χ0) is 23.2. The van der Waals surface area contributed by atoms with Crippen molar-refractivity contribution in [2.45, 2.75) is 37.8 Å². The predicted octanol–water partition coefficient (Wildman–Crippen LogP) is 4.04. The van der Waals surface area contributed by atoms with Crippen molar-refractivity contribution in [1.82, 2.24) is 15.2 Å². The predicted molar refractivity (Wildman–Crippen MR) is 130 cm³/mol. The molecule has 1 fully saturated rings. The Morgan fingerprint density at radius 3 is 2.70 bits per heavy atom. The van der Waals surface area contributed by atoms with Crippen molar-refractivity contribution in [3.63, 3.8) is 0 Å². The highest BCUT2D eigenvalue weighted by molar-refractivity contribution is 5.89. The van der Waals surface area contributed by atoms with Crippen LogP contribution in [-0.2, 0) is 22.6 Å². The van der Waals surface area contributed by atoms with Gasteiger partial charge in [0, 0.05) is 35.9 Å². The van der Waals surface area contributed by atoms with E-state index in [0.717, 1.165) is 34.9 Å². The number of aromatic nitrogens is 1. The number of alkyl carbamates (subject to hydrolysis) is 1. The van der Waals surface area contributed by atoms with Gasteiger partial charge in [-0.05, 0) is 61.7 Å². The van der Waals surface area contributed by atoms with Gasteiger partial charge in [-0.15, -0.1) is 0 Å². The number of carbonyl (C=O) groups excluding carboxylic acids is 2. The van der Waals surface area contributed by atoms with E-state index in [4.69, 9.17) is 4.74 Å². The number of benzene rings is 2. The van der Waals surface area contributed by atoms with Crippen molar-refractivity contribution in [2.24, 2.45) is 4.99 Å². The molecule has 0 unspecified atom stereocenters. The van der Waals surface area contributed by atoms with Crippen molar-refractivity contribution >= 4 is 29.1 Å². The minimum Gasteiger partial charge on any atom is -0.445 e. The van der Waals surface area contributed by atoms with Crippen LogP contribution in [-0.4, -0.2) is 54.8 Å². The lowest BCUT2D eigenvalue weighted by atomic mass is 9.76. The Kier molecular flexibility index (Phi) is 7.19. The molecule has 33 heavy (non-hydrogen) atoms. The lowest BCUT2D eigenvalue weighted by Crippen LogP contribution is -2.43. The van der Waals surface area contributed by atoms with Crippen molar-refractivity contribution in [3.8, 4) is 0 Å². The van der Waals surface area contributed by atoms with E-state index in [1.807, 2.05) is 67.7 Å². The second-order valence-corrected chi connectivity index (χ2v) is 8.84. The highest BCUT2D eigenvalue weighted by atomic mass is 16.5. The molecular formula is C26H30N4O3. The first-order valence-corrected chi connectivity index (χ1v) is 11.2. The summed E-state index contributed by atoms with van der Waals surface area (Å²) in [5, 5.41) is 4.09. The molecule has 1 saturated carbocycles. The number of ether oxygens (including phenoxy) is 1. The molecule has 172 valence electrons. The molecule has 7 heteroatoms. The van der Waals surface area contributed by atoms with Crippen LogP contribution in [0.3, 0.4) is 0 Å². The van der Waals surface area contributed by atoms with Crippen LogP contribution in [0.5, 0.6) is 0 Å². The second kappa shape index (κ2) is 10.4. The summed E-state index contributed by atoms with van der Waals surface area (Å²) in [5.41, 5.74) is 4.20. The van der Waals surface area contributed by atoms with E-state index in [0.29, 0.717) is 12.5 Å². The molecule has 1 heterocycles. The number of aromatic amines is 1. The summed E-state index contributed by atoms with van der Waals surface area (Å²) in [5.74, 6) is 0.220. The van der Waals surface area contributed by atoms with E-state index in [-0.39, 0.29) is 31.1 Å². The topological polar surface area (TPSA) is 86.8 Å². The highest BCUT2D eigenvalue weighted by Crippen LogP contribution is 2.40. The Balaban J connectivity index is 1.30. The van der Waals surface area contributed by atoms with Gasteiger partial charge in [0.15, 0.2) is 0 Å². The SMILES string of the molecule is CN(C)CC=NC(=O)Cc1ccc2[nH]cc(C3CC(NC(=O)OCc4ccccc4)C3)c2c1. The third-order valence-corrected chi connectivity index (χ3v) is 5.93. The van der Waals surface area contributed by atoms with Crippen LogP contribution in [0, 0.1) is 0 Å². The summed E-state index contributed by atoms with van der Waals surface area (Å²) in [7, 11) is 3.87. The smallest absolute Gasteiger partial charge is 0.407 e. The standard InChI is InChI=1S/C26H30N4O3/c1-30(2)11-10-27-25(31)13-19-8-9-24-22(12-19)23(16-28-24)20-14-21(15-20)29-26(32)33-17-18-6-4-3-5-7-18/h3-10,12,16,20-21,28H,11,13-15,17H2,1-2H3,(H,29,32). The van der Waals surface area contributed by atoms with Crippen molar-refractivity contribution < 1.29 is 14.3 Å². The molecule has 0 atom stereocenters. The first-order valence-electron chi connectivity index (χ1n) is 11.2. The van der Waals surface area contributed by atoms with E-state index in [9.17, 15) is 9.59 Å². The number of aliphatic imine (C=N–C) groups is 1. The molecule has 0 bridgehead atoms. The Bertz CT molecular complexity index is 1130. The molecule has 1 aliphatic rings. The zero-order valence-corrected chi connectivity index (χ0v) is 19.1. The summed E-state index contributed by atoms with van der Waals surface area (Å²) >= 11 is 0. The van der Waals surface area contributed by atoms with Gasteiger partial charge >= 0.3 is 6.09 Å². The van der Waals surface area contributed by atoms with Gasteiger partial charge in [-0.25, -0.2) is 9.79 Å². The highest BCUT2D eigenvalue weighted by Gasteiger charge is 2.33. The number of amides is 2. The average molecular weight is 447 g/mol. The van der Waals surface area contributed by atoms with Gasteiger partial charge in [0.2, 0.25) is 5.91 Å². The zero-order valence-electron chi connectivity index (χ0n) is 19.1. The van der Waals surface area contributed by atoms with E-state index in [1.54, 1.807) is 6.21 Å². The molecule has 0 aliphatic heterocycles. The van der Waals surface area contributed by atoms with E-state index >= 15 is 0 Å². The van der Waals surface area contributed by atoms with Gasteiger partial charge < -0.3 is 19.9 Å². The van der Waals surface area contributed by atoms with Crippen LogP contribution >= 0.6 is 0 Å². The van der Waals surface area contributed by atoms with Crippen LogP contribution in [0.15, 0.2) is 59.7 Å². The molecule has 0 radical (unpaired) electrons. The van der Waals surface area contributed by atoms with Gasteiger partial charge in [0.05, 0.1) is 6.42 Å². The third-order valence-electron chi connectivity index (χ3n) is 5.93. The number of H-pyrrole nitrogens is 1. The molecule has 1 aromatic heterocycles. The fraction of sp³-hybridized carbons (Fsp3) is 0.346. The van der Waals surface area contributed by atoms with Crippen molar-refractivity contribution in [2.75, 3.05) is 20.6 Å². The minimum absolute atomic E-state index is 0.110. The number of carbonyl (C=O) groups is 2. The lowest BCUT2D eigenvalue weighted by molar-refractivity contribution is -0.117. The Morgan fingerprint density at radius 1 is 1.15 bits per heavy atom. The first kappa shape index (κ1) is 22.7. The van der Waals surface area contributed by atoms with Gasteiger partial charge in [-0.1, -0.05) is 36.4 Å². The number of hydrogen-bond acceptors (Lipinski definition) is 4. The number of hydrogen-bond donors (Lipinski definition) is 2. The minimum atomic E-state index is -0.378. The van der Waals surface area contributed by atoms with Gasteiger partial charge in [0.1, 0.15) is 6.61 Å². The monoisotopic (exact) mass is 446 g/mol. The summed E-state index contributed by atoms with van der Waals surface area (Å²) in [6.45, 7) is 0.912. The molecule has 7 nitrogen and oxygen atoms in total. The number of nitrogens with zero attached hydrogens (tertiary/aromatic N) is 2. The molecule has 0 spiro atoms. The summed E-state index contributed by atoms with van der Waals surface area (Å²) in [6, 6.07) is 15.8. The largest absolute Gasteiger partial charge is 0.445 e. The van der Waals surface area contributed by atoms with E-state index in [2.05, 4.69) is 21.4 Å². The Labute approximate surface area is 193 Å². The van der Waals surface area contributed by atoms with Crippen LogP contribution in [0.4, 0.5) is 4.79 Å². The first-order chi connectivity index (χ1) is 16.0. The number of rotatable bonds is 8. The van der Waals surface area contributed by atoms with Gasteiger partial charge in [0.25, 0.3) is 0 Å². The van der Waals surface area contributed by atoms with Crippen LogP contribution in [0.1, 0.15) is 35.4 Å². The molecule has 1 aliphatic carbocycles. The van der Waals surface area contributed by atoms with Crippen molar-refractivity contribution in [3.05, 3.63) is 71.4 Å². The third kappa shape index (κ3) is 6.08. The molecular weight excluding hydrogens is 416 g/mol. The molecule has 4 rings (SSSR count). The maximum absolute atomic E-state index is 12.2. The van der Waals surface area contributed by atoms with Crippen molar-refractivity contribution in [1.29, 1.82) is 0 Å². The molecule has 3 aromatic rings. The number of fused-ring (bicyclic) bond motifs is 1. The van der Waals surface area contributed by atoms with Crippen LogP contribution in [0.2, 0.25) is 0 Å². The van der Waals surface area contributed by atoms with Gasteiger partial charge in [-0.3, -0.25) is 4.79 Å².